The van der Waals surface area contributed by atoms with Crippen molar-refractivity contribution in [3.05, 3.63) is 52.2 Å². The largest absolute Gasteiger partial charge is 0.497 e. The number of carbonyl (C=O) groups excluding carboxylic acids is 3. The Morgan fingerprint density at radius 1 is 1.06 bits per heavy atom. The summed E-state index contributed by atoms with van der Waals surface area (Å²) in [6.45, 7) is 4.75. The number of thiophene rings is 1. The highest BCUT2D eigenvalue weighted by atomic mass is 32.1. The number of piperazine rings is 1. The quantitative estimate of drug-likeness (QED) is 0.623. The minimum atomic E-state index is -0.415. The molecule has 0 unspecified atom stereocenters. The van der Waals surface area contributed by atoms with E-state index in [1.807, 2.05) is 56.5 Å². The van der Waals surface area contributed by atoms with Crippen LogP contribution in [0, 0.1) is 5.92 Å². The van der Waals surface area contributed by atoms with Crippen molar-refractivity contribution >= 4 is 29.1 Å². The van der Waals surface area contributed by atoms with Crippen LogP contribution in [0.5, 0.6) is 5.75 Å². The number of nitrogens with zero attached hydrogens (tertiary/aromatic N) is 3. The lowest BCUT2D eigenvalue weighted by molar-refractivity contribution is -0.138. The fourth-order valence-electron chi connectivity index (χ4n) is 4.74. The van der Waals surface area contributed by atoms with Crippen LogP contribution in [0.1, 0.15) is 47.5 Å². The third-order valence-corrected chi connectivity index (χ3v) is 7.43. The van der Waals surface area contributed by atoms with Crippen LogP contribution >= 0.6 is 11.3 Å². The molecule has 8 heteroatoms. The highest BCUT2D eigenvalue weighted by molar-refractivity contribution is 7.12. The van der Waals surface area contributed by atoms with Crippen LogP contribution < -0.4 is 4.74 Å². The van der Waals surface area contributed by atoms with Crippen LogP contribution in [0.15, 0.2) is 41.8 Å². The molecular formula is C25H31N3O4S. The number of amides is 3. The minimum Gasteiger partial charge on any atom is -0.497 e. The summed E-state index contributed by atoms with van der Waals surface area (Å²) < 4.78 is 5.28. The van der Waals surface area contributed by atoms with Gasteiger partial charge in [-0.25, -0.2) is 0 Å². The number of rotatable bonds is 7. The van der Waals surface area contributed by atoms with Gasteiger partial charge < -0.3 is 19.4 Å². The van der Waals surface area contributed by atoms with Crippen molar-refractivity contribution in [3.8, 4) is 5.75 Å². The number of likely N-dealkylation sites (tertiary alicyclic amines) is 1. The molecule has 0 bridgehead atoms. The molecule has 2 aliphatic rings. The van der Waals surface area contributed by atoms with Gasteiger partial charge in [0.2, 0.25) is 11.8 Å². The van der Waals surface area contributed by atoms with E-state index in [0.717, 1.165) is 29.0 Å². The lowest BCUT2D eigenvalue weighted by Gasteiger charge is -2.37. The predicted octanol–water partition coefficient (Wildman–Crippen LogP) is 3.43. The molecule has 7 nitrogen and oxygen atoms in total. The van der Waals surface area contributed by atoms with Crippen molar-refractivity contribution in [2.75, 3.05) is 39.8 Å². The number of methoxy groups -OCH3 is 1. The van der Waals surface area contributed by atoms with Crippen LogP contribution in [-0.2, 0) is 9.59 Å². The number of hydrogen-bond donors (Lipinski definition) is 0. The van der Waals surface area contributed by atoms with Gasteiger partial charge in [-0.1, -0.05) is 31.5 Å². The second-order valence-corrected chi connectivity index (χ2v) is 9.51. The highest BCUT2D eigenvalue weighted by Gasteiger charge is 2.46. The van der Waals surface area contributed by atoms with Gasteiger partial charge in [0, 0.05) is 39.1 Å². The average molecular weight is 470 g/mol. The van der Waals surface area contributed by atoms with Crippen molar-refractivity contribution < 1.29 is 19.1 Å². The van der Waals surface area contributed by atoms with Gasteiger partial charge in [0.05, 0.1) is 23.9 Å². The third-order valence-electron chi connectivity index (χ3n) is 6.57. The van der Waals surface area contributed by atoms with E-state index in [9.17, 15) is 14.4 Å². The Morgan fingerprint density at radius 3 is 2.36 bits per heavy atom. The fraction of sp³-hybridized carbons (Fsp3) is 0.480. The number of hydrogen-bond acceptors (Lipinski definition) is 5. The molecule has 2 saturated heterocycles. The highest BCUT2D eigenvalue weighted by Crippen LogP contribution is 2.40. The van der Waals surface area contributed by atoms with Gasteiger partial charge in [-0.2, -0.15) is 0 Å². The van der Waals surface area contributed by atoms with E-state index in [-0.39, 0.29) is 30.2 Å². The van der Waals surface area contributed by atoms with E-state index in [1.54, 1.807) is 7.11 Å². The Morgan fingerprint density at radius 2 is 1.76 bits per heavy atom. The molecule has 2 atom stereocenters. The molecular weight excluding hydrogens is 438 g/mol. The van der Waals surface area contributed by atoms with Gasteiger partial charge in [-0.3, -0.25) is 14.4 Å². The number of carbonyl (C=O) groups is 3. The normalized spacial score (nSPS) is 20.9. The molecule has 176 valence electrons. The van der Waals surface area contributed by atoms with Gasteiger partial charge in [0.1, 0.15) is 5.75 Å². The van der Waals surface area contributed by atoms with Crippen molar-refractivity contribution in [3.63, 3.8) is 0 Å². The Bertz CT molecular complexity index is 968. The van der Waals surface area contributed by atoms with Gasteiger partial charge >= 0.3 is 0 Å². The van der Waals surface area contributed by atoms with Gasteiger partial charge in [-0.15, -0.1) is 11.3 Å². The summed E-state index contributed by atoms with van der Waals surface area (Å²) in [5, 5.41) is 1.90. The maximum absolute atomic E-state index is 13.6. The molecule has 1 aromatic heterocycles. The van der Waals surface area contributed by atoms with Crippen LogP contribution in [0.4, 0.5) is 0 Å². The van der Waals surface area contributed by atoms with Gasteiger partial charge in [-0.05, 0) is 35.6 Å². The lowest BCUT2D eigenvalue weighted by atomic mass is 9.91. The standard InChI is InChI=1S/C25H31N3O4S/c1-3-4-11-28-22(29)17-20(23(28)18-7-9-19(32-2)10-8-18)24(30)26-12-14-27(15-13-26)25(31)21-6-5-16-33-21/h5-10,16,20,23H,3-4,11-15,17H2,1-2H3/t20-,23-/m0/s1. The SMILES string of the molecule is CCCCN1C(=O)C[C@H](C(=O)N2CCN(C(=O)c3cccs3)CC2)[C@@H]1c1ccc(OC)cc1. The van der Waals surface area contributed by atoms with Crippen molar-refractivity contribution in [1.29, 1.82) is 0 Å². The second-order valence-electron chi connectivity index (χ2n) is 8.56. The van der Waals surface area contributed by atoms with Gasteiger partial charge in [0.15, 0.2) is 0 Å². The zero-order valence-electron chi connectivity index (χ0n) is 19.2. The monoisotopic (exact) mass is 469 g/mol. The molecule has 4 rings (SSSR count). The first kappa shape index (κ1) is 23.3. The van der Waals surface area contributed by atoms with Crippen molar-refractivity contribution in [1.82, 2.24) is 14.7 Å². The Labute approximate surface area is 198 Å². The summed E-state index contributed by atoms with van der Waals surface area (Å²) >= 11 is 1.44. The summed E-state index contributed by atoms with van der Waals surface area (Å²) in [5.74, 6) is 0.399. The molecule has 2 fully saturated rings. The number of ether oxygens (including phenoxy) is 1. The Balaban J connectivity index is 1.48. The lowest BCUT2D eigenvalue weighted by Crippen LogP contribution is -2.52. The Hall–Kier alpha value is -2.87. The molecule has 3 heterocycles. The van der Waals surface area contributed by atoms with E-state index in [0.29, 0.717) is 32.7 Å². The molecule has 0 N–H and O–H groups in total. The van der Waals surface area contributed by atoms with Gasteiger partial charge in [0.25, 0.3) is 5.91 Å². The van der Waals surface area contributed by atoms with E-state index < -0.39 is 5.92 Å². The minimum absolute atomic E-state index is 0.00592. The second kappa shape index (κ2) is 10.4. The molecule has 0 saturated carbocycles. The molecule has 2 aromatic rings. The smallest absolute Gasteiger partial charge is 0.264 e. The first-order valence-electron chi connectivity index (χ1n) is 11.6. The number of unbranched alkanes of at least 4 members (excludes halogenated alkanes) is 1. The molecule has 3 amide bonds. The van der Waals surface area contributed by atoms with Crippen LogP contribution in [0.25, 0.3) is 0 Å². The van der Waals surface area contributed by atoms with Crippen LogP contribution in [-0.4, -0.2) is 72.3 Å². The van der Waals surface area contributed by atoms with Crippen LogP contribution in [0.2, 0.25) is 0 Å². The predicted molar refractivity (Wildman–Crippen MR) is 127 cm³/mol. The summed E-state index contributed by atoms with van der Waals surface area (Å²) in [4.78, 5) is 45.4. The van der Waals surface area contributed by atoms with Crippen LogP contribution in [0.3, 0.4) is 0 Å². The third kappa shape index (κ3) is 4.90. The summed E-state index contributed by atoms with van der Waals surface area (Å²) in [6.07, 6.45) is 2.12. The topological polar surface area (TPSA) is 70.2 Å². The van der Waals surface area contributed by atoms with E-state index in [2.05, 4.69) is 6.92 Å². The molecule has 1 aromatic carbocycles. The average Bonchev–Trinajstić information content (AvgIpc) is 3.50. The fourth-order valence-corrected chi connectivity index (χ4v) is 5.43. The summed E-state index contributed by atoms with van der Waals surface area (Å²) in [5.41, 5.74) is 0.961. The van der Waals surface area contributed by atoms with E-state index >= 15 is 0 Å². The zero-order valence-corrected chi connectivity index (χ0v) is 20.1. The summed E-state index contributed by atoms with van der Waals surface area (Å²) in [7, 11) is 1.62. The number of benzene rings is 1. The molecule has 0 aliphatic carbocycles. The van der Waals surface area contributed by atoms with Crippen molar-refractivity contribution in [2.45, 2.75) is 32.2 Å². The molecule has 2 aliphatic heterocycles. The molecule has 0 spiro atoms. The first-order chi connectivity index (χ1) is 16.0. The van der Waals surface area contributed by atoms with Crippen molar-refractivity contribution in [2.24, 2.45) is 5.92 Å². The maximum atomic E-state index is 13.6. The van der Waals surface area contributed by atoms with E-state index in [4.69, 9.17) is 4.74 Å². The van der Waals surface area contributed by atoms with E-state index in [1.165, 1.54) is 11.3 Å². The Kier molecular flexibility index (Phi) is 7.33. The first-order valence-corrected chi connectivity index (χ1v) is 12.5. The molecule has 33 heavy (non-hydrogen) atoms. The summed E-state index contributed by atoms with van der Waals surface area (Å²) in [6, 6.07) is 11.1. The zero-order chi connectivity index (χ0) is 23.4. The maximum Gasteiger partial charge on any atom is 0.264 e. The molecule has 0 radical (unpaired) electrons.